The van der Waals surface area contributed by atoms with Gasteiger partial charge in [-0.05, 0) is 31.2 Å². The number of nitriles is 1. The van der Waals surface area contributed by atoms with Crippen LogP contribution in [0.4, 0.5) is 0 Å². The zero-order valence-corrected chi connectivity index (χ0v) is 10.7. The first-order chi connectivity index (χ1) is 8.64. The zero-order chi connectivity index (χ0) is 13.4. The van der Waals surface area contributed by atoms with Gasteiger partial charge in [0.1, 0.15) is 0 Å². The third-order valence-corrected chi connectivity index (χ3v) is 3.39. The molecular weight excluding hydrogens is 226 g/mol. The molecule has 0 spiro atoms. The van der Waals surface area contributed by atoms with Crippen LogP contribution in [-0.2, 0) is 11.2 Å². The second-order valence-electron chi connectivity index (χ2n) is 4.55. The largest absolute Gasteiger partial charge is 0.480 e. The van der Waals surface area contributed by atoms with Crippen molar-refractivity contribution in [3.63, 3.8) is 0 Å². The monoisotopic (exact) mass is 245 g/mol. The molecule has 96 valence electrons. The fourth-order valence-corrected chi connectivity index (χ4v) is 2.02. The molecule has 0 amide bonds. The number of unbranched alkanes of at least 4 members (excludes halogenated alkanes) is 1. The van der Waals surface area contributed by atoms with E-state index in [1.54, 1.807) is 6.92 Å². The SMILES string of the molecule is CCC(C#N)(CCCCc1ccccc1)C(=O)O. The van der Waals surface area contributed by atoms with E-state index in [1.165, 1.54) is 5.56 Å². The smallest absolute Gasteiger partial charge is 0.324 e. The van der Waals surface area contributed by atoms with Crippen LogP contribution in [0.3, 0.4) is 0 Å². The van der Waals surface area contributed by atoms with Gasteiger partial charge in [0.25, 0.3) is 0 Å². The summed E-state index contributed by atoms with van der Waals surface area (Å²) in [6.07, 6.45) is 3.42. The minimum atomic E-state index is -1.20. The van der Waals surface area contributed by atoms with Gasteiger partial charge in [0, 0.05) is 0 Å². The summed E-state index contributed by atoms with van der Waals surface area (Å²) < 4.78 is 0. The van der Waals surface area contributed by atoms with Crippen LogP contribution >= 0.6 is 0 Å². The van der Waals surface area contributed by atoms with Gasteiger partial charge in [-0.15, -0.1) is 0 Å². The normalized spacial score (nSPS) is 13.6. The minimum absolute atomic E-state index is 0.365. The molecule has 1 atom stereocenters. The summed E-state index contributed by atoms with van der Waals surface area (Å²) in [5, 5.41) is 18.2. The van der Waals surface area contributed by atoms with E-state index in [4.69, 9.17) is 10.4 Å². The number of hydrogen-bond acceptors (Lipinski definition) is 2. The predicted octanol–water partition coefficient (Wildman–Crippen LogP) is 3.40. The Morgan fingerprint density at radius 1 is 1.33 bits per heavy atom. The maximum Gasteiger partial charge on any atom is 0.324 e. The number of carboxylic acids is 1. The molecule has 1 unspecified atom stereocenters. The second-order valence-corrected chi connectivity index (χ2v) is 4.55. The quantitative estimate of drug-likeness (QED) is 0.749. The molecule has 0 heterocycles. The van der Waals surface area contributed by atoms with Crippen molar-refractivity contribution in [2.24, 2.45) is 5.41 Å². The Bertz CT molecular complexity index is 422. The molecule has 0 bridgehead atoms. The number of carbonyl (C=O) groups is 1. The summed E-state index contributed by atoms with van der Waals surface area (Å²) in [5.41, 5.74) is 0.0586. The maximum absolute atomic E-state index is 11.1. The molecule has 0 saturated heterocycles. The number of carboxylic acid groups (broad SMARTS) is 1. The topological polar surface area (TPSA) is 61.1 Å². The molecule has 3 heteroatoms. The molecule has 1 aromatic carbocycles. The average Bonchev–Trinajstić information content (AvgIpc) is 2.40. The highest BCUT2D eigenvalue weighted by Crippen LogP contribution is 2.28. The first-order valence-corrected chi connectivity index (χ1v) is 6.33. The van der Waals surface area contributed by atoms with Crippen LogP contribution in [0, 0.1) is 16.7 Å². The third kappa shape index (κ3) is 3.59. The molecule has 1 aromatic rings. The van der Waals surface area contributed by atoms with Gasteiger partial charge in [-0.25, -0.2) is 0 Å². The van der Waals surface area contributed by atoms with Crippen LogP contribution in [0.1, 0.15) is 38.2 Å². The van der Waals surface area contributed by atoms with Crippen molar-refractivity contribution in [2.45, 2.75) is 39.0 Å². The number of aryl methyl sites for hydroxylation is 1. The first-order valence-electron chi connectivity index (χ1n) is 6.33. The number of rotatable bonds is 7. The van der Waals surface area contributed by atoms with Gasteiger partial charge in [0.2, 0.25) is 0 Å². The second kappa shape index (κ2) is 6.80. The number of hydrogen-bond donors (Lipinski definition) is 1. The van der Waals surface area contributed by atoms with Crippen molar-refractivity contribution in [3.05, 3.63) is 35.9 Å². The van der Waals surface area contributed by atoms with E-state index in [0.717, 1.165) is 19.3 Å². The maximum atomic E-state index is 11.1. The Morgan fingerprint density at radius 2 is 2.00 bits per heavy atom. The van der Waals surface area contributed by atoms with Gasteiger partial charge >= 0.3 is 5.97 Å². The lowest BCUT2D eigenvalue weighted by Gasteiger charge is -2.19. The van der Waals surface area contributed by atoms with E-state index < -0.39 is 11.4 Å². The highest BCUT2D eigenvalue weighted by Gasteiger charge is 2.36. The number of aliphatic carboxylic acids is 1. The summed E-state index contributed by atoms with van der Waals surface area (Å²) in [6.45, 7) is 1.76. The van der Waals surface area contributed by atoms with Crippen LogP contribution < -0.4 is 0 Å². The highest BCUT2D eigenvalue weighted by molar-refractivity contribution is 5.77. The molecule has 0 fully saturated rings. The van der Waals surface area contributed by atoms with E-state index in [9.17, 15) is 4.79 Å². The Hall–Kier alpha value is -1.82. The lowest BCUT2D eigenvalue weighted by atomic mass is 9.81. The molecule has 1 N–H and O–H groups in total. The van der Waals surface area contributed by atoms with Gasteiger partial charge in [-0.3, -0.25) is 4.79 Å². The van der Waals surface area contributed by atoms with Crippen molar-refractivity contribution < 1.29 is 9.90 Å². The van der Waals surface area contributed by atoms with E-state index in [-0.39, 0.29) is 0 Å². The Kier molecular flexibility index (Phi) is 5.38. The van der Waals surface area contributed by atoms with Gasteiger partial charge in [-0.2, -0.15) is 5.26 Å². The summed E-state index contributed by atoms with van der Waals surface area (Å²) >= 11 is 0. The van der Waals surface area contributed by atoms with E-state index in [1.807, 2.05) is 24.3 Å². The molecule has 0 radical (unpaired) electrons. The Balaban J connectivity index is 2.41. The molecule has 0 saturated carbocycles. The van der Waals surface area contributed by atoms with Crippen LogP contribution in [0.25, 0.3) is 0 Å². The molecule has 18 heavy (non-hydrogen) atoms. The molecule has 0 aliphatic carbocycles. The van der Waals surface area contributed by atoms with Gasteiger partial charge < -0.3 is 5.11 Å². The molecule has 1 rings (SSSR count). The lowest BCUT2D eigenvalue weighted by Crippen LogP contribution is -2.28. The van der Waals surface area contributed by atoms with Crippen molar-refractivity contribution in [1.82, 2.24) is 0 Å². The van der Waals surface area contributed by atoms with Crippen molar-refractivity contribution in [2.75, 3.05) is 0 Å². The van der Waals surface area contributed by atoms with Crippen LogP contribution in [-0.4, -0.2) is 11.1 Å². The van der Waals surface area contributed by atoms with E-state index >= 15 is 0 Å². The molecule has 0 aromatic heterocycles. The summed E-state index contributed by atoms with van der Waals surface area (Å²) in [4.78, 5) is 11.1. The van der Waals surface area contributed by atoms with E-state index in [2.05, 4.69) is 12.1 Å². The highest BCUT2D eigenvalue weighted by atomic mass is 16.4. The summed E-state index contributed by atoms with van der Waals surface area (Å²) in [7, 11) is 0. The van der Waals surface area contributed by atoms with Gasteiger partial charge in [-0.1, -0.05) is 43.7 Å². The van der Waals surface area contributed by atoms with Gasteiger partial charge in [0.05, 0.1) is 6.07 Å². The molecular formula is C15H19NO2. The van der Waals surface area contributed by atoms with Crippen LogP contribution in [0.5, 0.6) is 0 Å². The van der Waals surface area contributed by atoms with Crippen molar-refractivity contribution in [1.29, 1.82) is 5.26 Å². The Morgan fingerprint density at radius 3 is 2.50 bits per heavy atom. The molecule has 3 nitrogen and oxygen atoms in total. The van der Waals surface area contributed by atoms with Crippen LogP contribution in [0.2, 0.25) is 0 Å². The lowest BCUT2D eigenvalue weighted by molar-refractivity contribution is -0.146. The number of nitrogens with zero attached hydrogens (tertiary/aromatic N) is 1. The molecule has 0 aliphatic heterocycles. The van der Waals surface area contributed by atoms with Crippen molar-refractivity contribution >= 4 is 5.97 Å². The number of benzene rings is 1. The van der Waals surface area contributed by atoms with Crippen molar-refractivity contribution in [3.8, 4) is 6.07 Å². The fraction of sp³-hybridized carbons (Fsp3) is 0.467. The minimum Gasteiger partial charge on any atom is -0.480 e. The zero-order valence-electron chi connectivity index (χ0n) is 10.7. The fourth-order valence-electron chi connectivity index (χ4n) is 2.02. The van der Waals surface area contributed by atoms with Crippen LogP contribution in [0.15, 0.2) is 30.3 Å². The Labute approximate surface area is 108 Å². The standard InChI is InChI=1S/C15H19NO2/c1-2-15(12-16,14(17)18)11-7-6-10-13-8-4-3-5-9-13/h3-5,8-9H,2,6-7,10-11H2,1H3,(H,17,18). The predicted molar refractivity (Wildman–Crippen MR) is 70.0 cm³/mol. The summed E-state index contributed by atoms with van der Waals surface area (Å²) in [6, 6.07) is 12.1. The first kappa shape index (κ1) is 14.2. The average molecular weight is 245 g/mol. The summed E-state index contributed by atoms with van der Waals surface area (Å²) in [5.74, 6) is -0.993. The molecule has 0 aliphatic rings. The van der Waals surface area contributed by atoms with E-state index in [0.29, 0.717) is 12.8 Å². The third-order valence-electron chi connectivity index (χ3n) is 3.39. The van der Waals surface area contributed by atoms with Gasteiger partial charge in [0.15, 0.2) is 5.41 Å².